The van der Waals surface area contributed by atoms with E-state index in [1.807, 2.05) is 18.2 Å². The van der Waals surface area contributed by atoms with Crippen molar-refractivity contribution in [2.45, 2.75) is 32.4 Å². The highest BCUT2D eigenvalue weighted by Crippen LogP contribution is 2.36. The Labute approximate surface area is 231 Å². The second kappa shape index (κ2) is 9.61. The van der Waals surface area contributed by atoms with E-state index in [9.17, 15) is 9.90 Å². The van der Waals surface area contributed by atoms with Crippen molar-refractivity contribution in [1.82, 2.24) is 30.1 Å². The maximum absolute atomic E-state index is 15.3. The van der Waals surface area contributed by atoms with Crippen LogP contribution < -0.4 is 5.32 Å². The van der Waals surface area contributed by atoms with Gasteiger partial charge in [-0.3, -0.25) is 14.9 Å². The average Bonchev–Trinajstić information content (AvgIpc) is 3.65. The lowest BCUT2D eigenvalue weighted by atomic mass is 9.84. The molecule has 40 heavy (non-hydrogen) atoms. The molecule has 200 valence electrons. The summed E-state index contributed by atoms with van der Waals surface area (Å²) in [6.07, 6.45) is 7.35. The van der Waals surface area contributed by atoms with E-state index in [2.05, 4.69) is 30.5 Å². The Morgan fingerprint density at radius 1 is 1.18 bits per heavy atom. The van der Waals surface area contributed by atoms with Crippen LogP contribution >= 0.6 is 11.3 Å². The average molecular weight is 554 g/mol. The monoisotopic (exact) mass is 553 g/mol. The van der Waals surface area contributed by atoms with Crippen LogP contribution in [0.5, 0.6) is 0 Å². The lowest BCUT2D eigenvalue weighted by Gasteiger charge is -2.31. The molecule has 7 rings (SSSR count). The summed E-state index contributed by atoms with van der Waals surface area (Å²) in [7, 11) is 0. The predicted octanol–water partition coefficient (Wildman–Crippen LogP) is 6.16. The Hall–Kier alpha value is -4.48. The summed E-state index contributed by atoms with van der Waals surface area (Å²) in [5, 5.41) is 21.6. The number of nitrogens with one attached hydrogen (secondary N) is 3. The Balaban J connectivity index is 1.27. The van der Waals surface area contributed by atoms with Gasteiger partial charge in [-0.25, -0.2) is 14.4 Å². The van der Waals surface area contributed by atoms with Crippen molar-refractivity contribution < 1.29 is 14.3 Å². The number of carbonyl (C=O) groups excluding carboxylic acids is 1. The normalized spacial score (nSPS) is 14.5. The predicted molar refractivity (Wildman–Crippen MR) is 152 cm³/mol. The Kier molecular flexibility index (Phi) is 5.90. The first kappa shape index (κ1) is 24.6. The molecule has 5 aromatic heterocycles. The number of aromatic nitrogens is 6. The molecule has 1 unspecified atom stereocenters. The third-order valence-corrected chi connectivity index (χ3v) is 8.66. The van der Waals surface area contributed by atoms with Gasteiger partial charge in [0, 0.05) is 51.3 Å². The number of anilines is 1. The van der Waals surface area contributed by atoms with Gasteiger partial charge in [0.15, 0.2) is 17.3 Å². The molecule has 1 fully saturated rings. The number of rotatable bonds is 7. The van der Waals surface area contributed by atoms with E-state index in [0.29, 0.717) is 55.3 Å². The highest BCUT2D eigenvalue weighted by molar-refractivity contribution is 7.17. The molecule has 0 bridgehead atoms. The molecular weight excluding hydrogens is 529 g/mol. The number of aliphatic hydroxyl groups excluding tert-OH is 1. The summed E-state index contributed by atoms with van der Waals surface area (Å²) < 4.78 is 15.3. The van der Waals surface area contributed by atoms with E-state index in [1.165, 1.54) is 17.4 Å². The third kappa shape index (κ3) is 4.23. The number of H-pyrrole nitrogens is 2. The van der Waals surface area contributed by atoms with Crippen molar-refractivity contribution in [3.05, 3.63) is 65.7 Å². The number of fused-ring (bicyclic) bond motifs is 2. The smallest absolute Gasteiger partial charge is 0.169 e. The summed E-state index contributed by atoms with van der Waals surface area (Å²) in [4.78, 5) is 30.2. The van der Waals surface area contributed by atoms with Crippen LogP contribution in [0, 0.1) is 11.7 Å². The van der Waals surface area contributed by atoms with Crippen molar-refractivity contribution in [1.29, 1.82) is 0 Å². The van der Waals surface area contributed by atoms with E-state index >= 15 is 4.39 Å². The SMILES string of the molecule is CC(=O)c1ccc(-c2ccnc3[nH]c(-c4n[nH]c5cc(F)c(-c6cncc(NC(O)C7CCC7)c6)cc45)nc23)s1. The minimum Gasteiger partial charge on any atom is -0.374 e. The summed E-state index contributed by atoms with van der Waals surface area (Å²) >= 11 is 1.41. The van der Waals surface area contributed by atoms with Gasteiger partial charge >= 0.3 is 0 Å². The largest absolute Gasteiger partial charge is 0.374 e. The van der Waals surface area contributed by atoms with Gasteiger partial charge in [-0.15, -0.1) is 11.3 Å². The number of ketones is 1. The highest BCUT2D eigenvalue weighted by atomic mass is 32.1. The standard InChI is InChI=1S/C29H24FN7O2S/c1-14(38)23-5-6-24(40-23)18-7-8-32-27-25(18)34-28(35-27)26-20-10-19(21(30)11-22(20)36-37-26)16-9-17(13-31-12-16)33-29(39)15-3-2-4-15/h5-13,15,29,33,39H,2-4H2,1H3,(H,36,37)(H,32,34,35). The van der Waals surface area contributed by atoms with Crippen molar-refractivity contribution in [3.8, 4) is 33.1 Å². The lowest BCUT2D eigenvalue weighted by molar-refractivity contribution is 0.0851. The van der Waals surface area contributed by atoms with Crippen LogP contribution in [0.15, 0.2) is 55.0 Å². The van der Waals surface area contributed by atoms with Crippen LogP contribution in [0.1, 0.15) is 35.9 Å². The first-order valence-electron chi connectivity index (χ1n) is 13.0. The molecule has 0 aliphatic heterocycles. The zero-order chi connectivity index (χ0) is 27.4. The quantitative estimate of drug-likeness (QED) is 0.137. The maximum Gasteiger partial charge on any atom is 0.169 e. The number of hydrogen-bond acceptors (Lipinski definition) is 8. The number of imidazole rings is 1. The number of nitrogens with zero attached hydrogens (tertiary/aromatic N) is 4. The molecule has 5 heterocycles. The van der Waals surface area contributed by atoms with Crippen LogP contribution in [-0.2, 0) is 0 Å². The first-order chi connectivity index (χ1) is 19.4. The molecule has 9 nitrogen and oxygen atoms in total. The fourth-order valence-electron chi connectivity index (χ4n) is 5.04. The van der Waals surface area contributed by atoms with Gasteiger partial charge < -0.3 is 15.4 Å². The molecule has 0 amide bonds. The second-order valence-corrected chi connectivity index (χ2v) is 11.1. The first-order valence-corrected chi connectivity index (χ1v) is 13.8. The molecule has 1 aliphatic rings. The van der Waals surface area contributed by atoms with Gasteiger partial charge in [0.25, 0.3) is 0 Å². The molecule has 1 atom stereocenters. The second-order valence-electron chi connectivity index (χ2n) is 10.1. The lowest BCUT2D eigenvalue weighted by Crippen LogP contribution is -2.33. The van der Waals surface area contributed by atoms with E-state index < -0.39 is 12.0 Å². The molecule has 11 heteroatoms. The molecule has 1 aromatic carbocycles. The molecule has 0 saturated heterocycles. The topological polar surface area (TPSA) is 132 Å². The van der Waals surface area contributed by atoms with Crippen LogP contribution in [0.4, 0.5) is 10.1 Å². The van der Waals surface area contributed by atoms with Crippen molar-refractivity contribution in [2.24, 2.45) is 5.92 Å². The fourth-order valence-corrected chi connectivity index (χ4v) is 5.97. The molecule has 4 N–H and O–H groups in total. The zero-order valence-electron chi connectivity index (χ0n) is 21.4. The molecule has 1 aliphatic carbocycles. The van der Waals surface area contributed by atoms with Gasteiger partial charge in [0.1, 0.15) is 23.3 Å². The van der Waals surface area contributed by atoms with Crippen molar-refractivity contribution >= 4 is 44.9 Å². The number of carbonyl (C=O) groups is 1. The molecule has 6 aromatic rings. The van der Waals surface area contributed by atoms with Gasteiger partial charge in [0.2, 0.25) is 0 Å². The number of benzene rings is 1. The minimum absolute atomic E-state index is 0.0151. The molecular formula is C29H24FN7O2S. The number of Topliss-reactive ketones (excluding diaryl/α,β-unsaturated/α-hetero) is 1. The maximum atomic E-state index is 15.3. The summed E-state index contributed by atoms with van der Waals surface area (Å²) in [5.74, 6) is 0.300. The van der Waals surface area contributed by atoms with Gasteiger partial charge in [-0.1, -0.05) is 6.42 Å². The Morgan fingerprint density at radius 2 is 2.05 bits per heavy atom. The molecule has 0 radical (unpaired) electrons. The van der Waals surface area contributed by atoms with E-state index in [-0.39, 0.29) is 11.7 Å². The van der Waals surface area contributed by atoms with Crippen LogP contribution in [-0.4, -0.2) is 47.3 Å². The van der Waals surface area contributed by atoms with E-state index in [1.54, 1.807) is 37.6 Å². The number of pyridine rings is 2. The Morgan fingerprint density at radius 3 is 2.83 bits per heavy atom. The van der Waals surface area contributed by atoms with Gasteiger partial charge in [-0.2, -0.15) is 5.10 Å². The van der Waals surface area contributed by atoms with Gasteiger partial charge in [0.05, 0.1) is 22.3 Å². The van der Waals surface area contributed by atoms with Crippen LogP contribution in [0.3, 0.4) is 0 Å². The Bertz CT molecular complexity index is 1910. The summed E-state index contributed by atoms with van der Waals surface area (Å²) in [6.45, 7) is 1.55. The van der Waals surface area contributed by atoms with Crippen molar-refractivity contribution in [3.63, 3.8) is 0 Å². The van der Waals surface area contributed by atoms with Crippen molar-refractivity contribution in [2.75, 3.05) is 5.32 Å². The van der Waals surface area contributed by atoms with Crippen LogP contribution in [0.2, 0.25) is 0 Å². The van der Waals surface area contributed by atoms with Crippen LogP contribution in [0.25, 0.3) is 55.2 Å². The number of thiophene rings is 1. The number of aromatic amines is 2. The van der Waals surface area contributed by atoms with E-state index in [4.69, 9.17) is 4.98 Å². The summed E-state index contributed by atoms with van der Waals surface area (Å²) in [5.41, 5.74) is 4.70. The zero-order valence-corrected chi connectivity index (χ0v) is 22.2. The number of hydrogen-bond donors (Lipinski definition) is 4. The summed E-state index contributed by atoms with van der Waals surface area (Å²) in [6, 6.07) is 10.5. The number of halogens is 1. The van der Waals surface area contributed by atoms with E-state index in [0.717, 1.165) is 29.7 Å². The highest BCUT2D eigenvalue weighted by Gasteiger charge is 2.25. The van der Waals surface area contributed by atoms with Gasteiger partial charge in [-0.05, 0) is 50.1 Å². The fraction of sp³-hybridized carbons (Fsp3) is 0.207. The minimum atomic E-state index is -0.659. The molecule has 1 saturated carbocycles. The molecule has 0 spiro atoms. The third-order valence-electron chi connectivity index (χ3n) is 7.44. The number of aliphatic hydroxyl groups is 1.